The Balaban J connectivity index is 1.85. The van der Waals surface area contributed by atoms with Gasteiger partial charge in [-0.1, -0.05) is 30.3 Å². The number of rotatable bonds is 6. The molecular weight excluding hydrogens is 342 g/mol. The Morgan fingerprint density at radius 2 is 1.85 bits per heavy atom. The van der Waals surface area contributed by atoms with Crippen LogP contribution in [0.1, 0.15) is 11.6 Å². The number of benzene rings is 2. The van der Waals surface area contributed by atoms with Crippen molar-refractivity contribution in [2.75, 3.05) is 57.7 Å². The average molecular weight is 369 g/mol. The number of methoxy groups -OCH3 is 1. The summed E-state index contributed by atoms with van der Waals surface area (Å²) in [5.41, 5.74) is 2.67. The van der Waals surface area contributed by atoms with Crippen LogP contribution >= 0.6 is 0 Å². The van der Waals surface area contributed by atoms with Gasteiger partial charge in [-0.3, -0.25) is 9.69 Å². The van der Waals surface area contributed by atoms with Crippen molar-refractivity contribution < 1.29 is 14.3 Å². The molecule has 1 N–H and O–H groups in total. The zero-order valence-electron chi connectivity index (χ0n) is 16.1. The second-order valence-electron chi connectivity index (χ2n) is 6.75. The third-order valence-electron chi connectivity index (χ3n) is 4.70. The van der Waals surface area contributed by atoms with Crippen LogP contribution < -0.4 is 15.0 Å². The molecule has 6 nitrogen and oxygen atoms in total. The fourth-order valence-corrected chi connectivity index (χ4v) is 3.33. The molecule has 6 heteroatoms. The van der Waals surface area contributed by atoms with Gasteiger partial charge in [0.25, 0.3) is 0 Å². The van der Waals surface area contributed by atoms with E-state index < -0.39 is 0 Å². The number of carbonyl (C=O) groups excluding carboxylic acids is 1. The van der Waals surface area contributed by atoms with Crippen LogP contribution in [0.15, 0.2) is 48.5 Å². The summed E-state index contributed by atoms with van der Waals surface area (Å²) in [4.78, 5) is 17.2. The van der Waals surface area contributed by atoms with E-state index in [9.17, 15) is 4.79 Å². The van der Waals surface area contributed by atoms with Crippen molar-refractivity contribution in [3.8, 4) is 5.75 Å². The molecule has 1 saturated heterocycles. The average Bonchev–Trinajstić information content (AvgIpc) is 2.69. The van der Waals surface area contributed by atoms with Crippen LogP contribution in [-0.4, -0.2) is 58.3 Å². The summed E-state index contributed by atoms with van der Waals surface area (Å²) in [5, 5.41) is 3.06. The summed E-state index contributed by atoms with van der Waals surface area (Å²) in [6, 6.07) is 15.3. The Kier molecular flexibility index (Phi) is 6.32. The van der Waals surface area contributed by atoms with E-state index in [1.54, 1.807) is 7.11 Å². The number of carbonyl (C=O) groups is 1. The van der Waals surface area contributed by atoms with Gasteiger partial charge in [-0.2, -0.15) is 0 Å². The van der Waals surface area contributed by atoms with Crippen LogP contribution in [0.25, 0.3) is 0 Å². The summed E-state index contributed by atoms with van der Waals surface area (Å²) in [7, 11) is 5.41. The van der Waals surface area contributed by atoms with Gasteiger partial charge >= 0.3 is 0 Å². The molecule has 1 aliphatic rings. The normalized spacial score (nSPS) is 15.5. The van der Waals surface area contributed by atoms with Crippen LogP contribution in [-0.2, 0) is 9.53 Å². The van der Waals surface area contributed by atoms with E-state index in [0.29, 0.717) is 24.7 Å². The first-order valence-corrected chi connectivity index (χ1v) is 9.13. The number of hydrogen-bond acceptors (Lipinski definition) is 5. The van der Waals surface area contributed by atoms with Gasteiger partial charge in [0.05, 0.1) is 26.0 Å². The van der Waals surface area contributed by atoms with Crippen molar-refractivity contribution >= 4 is 17.3 Å². The van der Waals surface area contributed by atoms with Crippen LogP contribution in [0, 0.1) is 0 Å². The molecule has 0 aromatic heterocycles. The maximum atomic E-state index is 13.1. The molecule has 1 aliphatic heterocycles. The quantitative estimate of drug-likeness (QED) is 0.849. The predicted molar refractivity (Wildman–Crippen MR) is 108 cm³/mol. The fraction of sp³-hybridized carbons (Fsp3) is 0.381. The van der Waals surface area contributed by atoms with Gasteiger partial charge in [0.2, 0.25) is 5.91 Å². The molecule has 0 aliphatic carbocycles. The van der Waals surface area contributed by atoms with Crippen LogP contribution in [0.5, 0.6) is 5.75 Å². The third kappa shape index (κ3) is 4.59. The number of ether oxygens (including phenoxy) is 2. The smallest absolute Gasteiger partial charge is 0.246 e. The summed E-state index contributed by atoms with van der Waals surface area (Å²) in [6.07, 6.45) is 0. The summed E-state index contributed by atoms with van der Waals surface area (Å²) in [6.45, 7) is 3.10. The van der Waals surface area contributed by atoms with Crippen LogP contribution in [0.3, 0.4) is 0 Å². The van der Waals surface area contributed by atoms with Gasteiger partial charge in [0, 0.05) is 18.8 Å². The van der Waals surface area contributed by atoms with E-state index >= 15 is 0 Å². The molecule has 144 valence electrons. The highest BCUT2D eigenvalue weighted by Crippen LogP contribution is 2.31. The SMILES string of the molecule is COc1ccc(N2CCOCC2)cc1NC(=O)C(c1ccccc1)N(C)C. The molecule has 1 heterocycles. The highest BCUT2D eigenvalue weighted by molar-refractivity contribution is 5.97. The number of likely N-dealkylation sites (N-methyl/N-ethyl adjacent to an activating group) is 1. The maximum absolute atomic E-state index is 13.1. The van der Waals surface area contributed by atoms with Crippen molar-refractivity contribution in [2.45, 2.75) is 6.04 Å². The lowest BCUT2D eigenvalue weighted by Crippen LogP contribution is -2.36. The Morgan fingerprint density at radius 1 is 1.15 bits per heavy atom. The minimum absolute atomic E-state index is 0.0939. The third-order valence-corrected chi connectivity index (χ3v) is 4.70. The first kappa shape index (κ1) is 19.2. The summed E-state index contributed by atoms with van der Waals surface area (Å²) in [5.74, 6) is 0.551. The molecular formula is C21H27N3O3. The Hall–Kier alpha value is -2.57. The predicted octanol–water partition coefficient (Wildman–Crippen LogP) is 2.77. The van der Waals surface area contributed by atoms with Gasteiger partial charge < -0.3 is 19.7 Å². The van der Waals surface area contributed by atoms with E-state index in [-0.39, 0.29) is 11.9 Å². The Labute approximate surface area is 160 Å². The van der Waals surface area contributed by atoms with Crippen molar-refractivity contribution in [3.05, 3.63) is 54.1 Å². The van der Waals surface area contributed by atoms with E-state index in [1.165, 1.54) is 0 Å². The van der Waals surface area contributed by atoms with Crippen molar-refractivity contribution in [1.29, 1.82) is 0 Å². The van der Waals surface area contributed by atoms with Gasteiger partial charge in [-0.05, 0) is 37.9 Å². The molecule has 0 bridgehead atoms. The van der Waals surface area contributed by atoms with Crippen molar-refractivity contribution in [3.63, 3.8) is 0 Å². The first-order valence-electron chi connectivity index (χ1n) is 9.13. The van der Waals surface area contributed by atoms with Crippen LogP contribution in [0.2, 0.25) is 0 Å². The standard InChI is InChI=1S/C21H27N3O3/c1-23(2)20(16-7-5-4-6-8-16)21(25)22-18-15-17(9-10-19(18)26-3)24-11-13-27-14-12-24/h4-10,15,20H,11-14H2,1-3H3,(H,22,25). The maximum Gasteiger partial charge on any atom is 0.246 e. The second-order valence-corrected chi connectivity index (χ2v) is 6.75. The van der Waals surface area contributed by atoms with Crippen molar-refractivity contribution in [2.24, 2.45) is 0 Å². The lowest BCUT2D eigenvalue weighted by Gasteiger charge is -2.30. The lowest BCUT2D eigenvalue weighted by atomic mass is 10.1. The van der Waals surface area contributed by atoms with E-state index in [0.717, 1.165) is 24.3 Å². The molecule has 1 atom stereocenters. The van der Waals surface area contributed by atoms with Gasteiger partial charge in [0.1, 0.15) is 11.8 Å². The summed E-state index contributed by atoms with van der Waals surface area (Å²) >= 11 is 0. The molecule has 1 unspecified atom stereocenters. The molecule has 1 amide bonds. The van der Waals surface area contributed by atoms with Gasteiger partial charge in [0.15, 0.2) is 0 Å². The number of amides is 1. The Morgan fingerprint density at radius 3 is 2.48 bits per heavy atom. The highest BCUT2D eigenvalue weighted by atomic mass is 16.5. The molecule has 3 rings (SSSR count). The topological polar surface area (TPSA) is 54.0 Å². The monoisotopic (exact) mass is 369 g/mol. The van der Waals surface area contributed by atoms with Gasteiger partial charge in [-0.15, -0.1) is 0 Å². The molecule has 2 aromatic carbocycles. The largest absolute Gasteiger partial charge is 0.495 e. The van der Waals surface area contributed by atoms with Gasteiger partial charge in [-0.25, -0.2) is 0 Å². The van der Waals surface area contributed by atoms with Crippen molar-refractivity contribution in [1.82, 2.24) is 4.90 Å². The van der Waals surface area contributed by atoms with E-state index in [4.69, 9.17) is 9.47 Å². The number of morpholine rings is 1. The first-order chi connectivity index (χ1) is 13.1. The highest BCUT2D eigenvalue weighted by Gasteiger charge is 2.24. The number of nitrogens with zero attached hydrogens (tertiary/aromatic N) is 2. The minimum Gasteiger partial charge on any atom is -0.495 e. The lowest BCUT2D eigenvalue weighted by molar-refractivity contribution is -0.120. The summed E-state index contributed by atoms with van der Waals surface area (Å²) < 4.78 is 10.9. The minimum atomic E-state index is -0.386. The molecule has 2 aromatic rings. The van der Waals surface area contributed by atoms with E-state index in [1.807, 2.05) is 67.5 Å². The number of anilines is 2. The molecule has 0 saturated carbocycles. The fourth-order valence-electron chi connectivity index (χ4n) is 3.33. The zero-order chi connectivity index (χ0) is 19.2. The molecule has 1 fully saturated rings. The Bertz CT molecular complexity index is 759. The number of nitrogens with one attached hydrogen (secondary N) is 1. The molecule has 0 spiro atoms. The zero-order valence-corrected chi connectivity index (χ0v) is 16.1. The molecule has 0 radical (unpaired) electrons. The second kappa shape index (κ2) is 8.88. The van der Waals surface area contributed by atoms with Crippen LogP contribution in [0.4, 0.5) is 11.4 Å². The number of hydrogen-bond donors (Lipinski definition) is 1. The molecule has 27 heavy (non-hydrogen) atoms. The van der Waals surface area contributed by atoms with E-state index in [2.05, 4.69) is 10.2 Å².